The van der Waals surface area contributed by atoms with Crippen LogP contribution in [0.1, 0.15) is 11.1 Å². The number of amides is 1. The van der Waals surface area contributed by atoms with E-state index in [2.05, 4.69) is 0 Å². The lowest BCUT2D eigenvalue weighted by Gasteiger charge is -2.13. The lowest BCUT2D eigenvalue weighted by atomic mass is 10.2. The molecule has 1 aliphatic rings. The van der Waals surface area contributed by atoms with E-state index in [0.29, 0.717) is 33.1 Å². The molecule has 1 amide bonds. The number of carbonyl (C=O) groups is 1. The minimum absolute atomic E-state index is 0.0220. The van der Waals surface area contributed by atoms with Gasteiger partial charge in [0, 0.05) is 19.2 Å². The van der Waals surface area contributed by atoms with Crippen molar-refractivity contribution in [3.05, 3.63) is 73.6 Å². The summed E-state index contributed by atoms with van der Waals surface area (Å²) in [6.07, 6.45) is 1.73. The molecule has 0 aliphatic carbocycles. The summed E-state index contributed by atoms with van der Waals surface area (Å²) in [6.45, 7) is 1.04. The van der Waals surface area contributed by atoms with Crippen LogP contribution >= 0.6 is 35.6 Å². The zero-order chi connectivity index (χ0) is 21.7. The van der Waals surface area contributed by atoms with Gasteiger partial charge in [-0.05, 0) is 41.5 Å². The van der Waals surface area contributed by atoms with Gasteiger partial charge in [-0.15, -0.1) is 0 Å². The maximum absolute atomic E-state index is 12.5. The van der Waals surface area contributed by atoms with Crippen molar-refractivity contribution in [1.82, 2.24) is 4.90 Å². The highest BCUT2D eigenvalue weighted by Crippen LogP contribution is 2.34. The summed E-state index contributed by atoms with van der Waals surface area (Å²) >= 11 is 12.8. The normalized spacial score (nSPS) is 15.1. The predicted molar refractivity (Wildman–Crippen MR) is 121 cm³/mol. The number of carbonyl (C=O) groups excluding carboxylic acids is 1. The first kappa shape index (κ1) is 22.2. The van der Waals surface area contributed by atoms with Crippen molar-refractivity contribution < 1.29 is 19.2 Å². The molecule has 2 aromatic carbocycles. The van der Waals surface area contributed by atoms with Crippen LogP contribution in [0, 0.1) is 10.1 Å². The number of methoxy groups -OCH3 is 1. The van der Waals surface area contributed by atoms with Gasteiger partial charge in [0.25, 0.3) is 11.6 Å². The lowest BCUT2D eigenvalue weighted by Crippen LogP contribution is -2.31. The van der Waals surface area contributed by atoms with E-state index in [0.717, 1.165) is 11.1 Å². The molecule has 0 bridgehead atoms. The Bertz CT molecular complexity index is 1010. The van der Waals surface area contributed by atoms with Gasteiger partial charge in [0.05, 0.1) is 28.0 Å². The maximum Gasteiger partial charge on any atom is 0.269 e. The molecule has 0 aromatic heterocycles. The number of thiocarbonyl (C=S) groups is 1. The van der Waals surface area contributed by atoms with E-state index in [4.69, 9.17) is 33.3 Å². The van der Waals surface area contributed by atoms with Crippen molar-refractivity contribution in [2.45, 2.75) is 6.61 Å². The quantitative estimate of drug-likeness (QED) is 0.243. The van der Waals surface area contributed by atoms with E-state index in [1.165, 1.54) is 28.8 Å². The van der Waals surface area contributed by atoms with Crippen LogP contribution in [0.2, 0.25) is 5.02 Å². The Morgan fingerprint density at radius 3 is 2.63 bits per heavy atom. The lowest BCUT2D eigenvalue weighted by molar-refractivity contribution is -0.384. The zero-order valence-corrected chi connectivity index (χ0v) is 18.3. The van der Waals surface area contributed by atoms with Gasteiger partial charge in [-0.25, -0.2) is 0 Å². The number of rotatable bonds is 8. The van der Waals surface area contributed by atoms with Crippen molar-refractivity contribution in [3.63, 3.8) is 0 Å². The van der Waals surface area contributed by atoms with Crippen LogP contribution in [0.5, 0.6) is 5.75 Å². The molecule has 0 saturated carbocycles. The highest BCUT2D eigenvalue weighted by Gasteiger charge is 2.31. The number of thioether (sulfide) groups is 1. The predicted octanol–water partition coefficient (Wildman–Crippen LogP) is 4.67. The molecule has 2 aromatic rings. The molecule has 30 heavy (non-hydrogen) atoms. The molecule has 1 aliphatic heterocycles. The number of nitro benzene ring substituents is 1. The Morgan fingerprint density at radius 1 is 1.27 bits per heavy atom. The highest BCUT2D eigenvalue weighted by atomic mass is 35.5. The summed E-state index contributed by atoms with van der Waals surface area (Å²) in [5.41, 5.74) is 1.55. The molecule has 10 heteroatoms. The number of ether oxygens (including phenoxy) is 2. The molecule has 0 atom stereocenters. The fourth-order valence-electron chi connectivity index (χ4n) is 2.63. The van der Waals surface area contributed by atoms with Crippen LogP contribution in [0.25, 0.3) is 6.08 Å². The number of halogens is 1. The van der Waals surface area contributed by atoms with Crippen LogP contribution < -0.4 is 4.74 Å². The van der Waals surface area contributed by atoms with Crippen LogP contribution in [0.3, 0.4) is 0 Å². The van der Waals surface area contributed by atoms with Gasteiger partial charge in [0.2, 0.25) is 0 Å². The number of hydrogen-bond donors (Lipinski definition) is 0. The molecule has 7 nitrogen and oxygen atoms in total. The summed E-state index contributed by atoms with van der Waals surface area (Å²) in [5.74, 6) is 0.316. The van der Waals surface area contributed by atoms with Gasteiger partial charge in [-0.3, -0.25) is 19.8 Å². The molecular weight excluding hydrogens is 448 g/mol. The van der Waals surface area contributed by atoms with E-state index in [-0.39, 0.29) is 18.2 Å². The number of nitro groups is 1. The summed E-state index contributed by atoms with van der Waals surface area (Å²) in [5, 5.41) is 11.1. The van der Waals surface area contributed by atoms with Gasteiger partial charge >= 0.3 is 0 Å². The third-order valence-corrected chi connectivity index (χ3v) is 5.86. The second-order valence-corrected chi connectivity index (χ2v) is 8.31. The van der Waals surface area contributed by atoms with Gasteiger partial charge in [0.15, 0.2) is 0 Å². The van der Waals surface area contributed by atoms with Gasteiger partial charge in [0.1, 0.15) is 16.7 Å². The van der Waals surface area contributed by atoms with E-state index in [9.17, 15) is 14.9 Å². The largest absolute Gasteiger partial charge is 0.487 e. The Labute approximate surface area is 187 Å². The first-order chi connectivity index (χ1) is 14.4. The van der Waals surface area contributed by atoms with Gasteiger partial charge < -0.3 is 9.47 Å². The molecule has 1 fully saturated rings. The standard InChI is InChI=1S/C20H17ClN2O5S2/c1-27-9-8-22-19(24)18(30-20(22)29)11-14-4-7-17(16(21)10-14)28-12-13-2-5-15(6-3-13)23(25)26/h2-7,10-11H,8-9,12H2,1H3/b18-11-. The fourth-order valence-corrected chi connectivity index (χ4v) is 4.18. The summed E-state index contributed by atoms with van der Waals surface area (Å²) < 4.78 is 11.2. The van der Waals surface area contributed by atoms with E-state index < -0.39 is 4.92 Å². The van der Waals surface area contributed by atoms with Gasteiger partial charge in [-0.1, -0.05) is 41.6 Å². The monoisotopic (exact) mass is 464 g/mol. The topological polar surface area (TPSA) is 81.9 Å². The Hall–Kier alpha value is -2.46. The van der Waals surface area contributed by atoms with Crippen LogP contribution in [-0.4, -0.2) is 40.3 Å². The Kier molecular flexibility index (Phi) is 7.43. The third kappa shape index (κ3) is 5.37. The van der Waals surface area contributed by atoms with E-state index in [1.54, 1.807) is 43.5 Å². The van der Waals surface area contributed by atoms with Crippen LogP contribution in [0.15, 0.2) is 47.4 Å². The molecule has 0 unspecified atom stereocenters. The van der Waals surface area contributed by atoms with Crippen molar-refractivity contribution in [2.75, 3.05) is 20.3 Å². The van der Waals surface area contributed by atoms with Crippen molar-refractivity contribution in [3.8, 4) is 5.75 Å². The average molecular weight is 465 g/mol. The molecule has 1 saturated heterocycles. The second-order valence-electron chi connectivity index (χ2n) is 6.23. The average Bonchev–Trinajstić information content (AvgIpc) is 2.98. The SMILES string of the molecule is COCCN1C(=O)/C(=C/c2ccc(OCc3ccc([N+](=O)[O-])cc3)c(Cl)c2)SC1=S. The number of non-ortho nitro benzene ring substituents is 1. The van der Waals surface area contributed by atoms with Crippen LogP contribution in [0.4, 0.5) is 5.69 Å². The second kappa shape index (κ2) is 10.0. The minimum atomic E-state index is -0.453. The molecular formula is C20H17ClN2O5S2. The van der Waals surface area contributed by atoms with E-state index in [1.807, 2.05) is 0 Å². The molecule has 3 rings (SSSR count). The van der Waals surface area contributed by atoms with Crippen molar-refractivity contribution in [1.29, 1.82) is 0 Å². The Morgan fingerprint density at radius 2 is 2.00 bits per heavy atom. The molecule has 156 valence electrons. The smallest absolute Gasteiger partial charge is 0.269 e. The Balaban J connectivity index is 1.66. The fraction of sp³-hybridized carbons (Fsp3) is 0.200. The van der Waals surface area contributed by atoms with Crippen molar-refractivity contribution >= 4 is 57.6 Å². The molecule has 1 heterocycles. The van der Waals surface area contributed by atoms with Crippen molar-refractivity contribution in [2.24, 2.45) is 0 Å². The first-order valence-electron chi connectivity index (χ1n) is 8.79. The number of benzene rings is 2. The van der Waals surface area contributed by atoms with Crippen LogP contribution in [-0.2, 0) is 16.1 Å². The first-order valence-corrected chi connectivity index (χ1v) is 10.4. The molecule has 0 radical (unpaired) electrons. The third-order valence-electron chi connectivity index (χ3n) is 4.19. The number of hydrogen-bond acceptors (Lipinski definition) is 7. The zero-order valence-electron chi connectivity index (χ0n) is 15.9. The highest BCUT2D eigenvalue weighted by molar-refractivity contribution is 8.26. The van der Waals surface area contributed by atoms with E-state index >= 15 is 0 Å². The summed E-state index contributed by atoms with van der Waals surface area (Å²) in [7, 11) is 1.57. The molecule has 0 spiro atoms. The summed E-state index contributed by atoms with van der Waals surface area (Å²) in [4.78, 5) is 24.8. The number of nitrogens with zero attached hydrogens (tertiary/aromatic N) is 2. The summed E-state index contributed by atoms with van der Waals surface area (Å²) in [6, 6.07) is 11.3. The maximum atomic E-state index is 12.5. The minimum Gasteiger partial charge on any atom is -0.487 e. The van der Waals surface area contributed by atoms with Gasteiger partial charge in [-0.2, -0.15) is 0 Å². The molecule has 0 N–H and O–H groups in total.